The van der Waals surface area contributed by atoms with Gasteiger partial charge >= 0.3 is 12.4 Å². The molecule has 0 aliphatic rings. The lowest BCUT2D eigenvalue weighted by Gasteiger charge is -2.15. The molecule has 0 radical (unpaired) electrons. The molecular formula is C17H9ClF6N2. The zero-order chi connectivity index (χ0) is 19.1. The Hall–Kier alpha value is -2.48. The summed E-state index contributed by atoms with van der Waals surface area (Å²) in [6, 6.07) is 9.41. The first kappa shape index (κ1) is 18.3. The van der Waals surface area contributed by atoms with Crippen LogP contribution < -0.4 is 5.32 Å². The van der Waals surface area contributed by atoms with E-state index in [1.54, 1.807) is 18.2 Å². The minimum Gasteiger partial charge on any atom is -0.355 e. The summed E-state index contributed by atoms with van der Waals surface area (Å²) >= 11 is 5.85. The molecule has 1 aromatic heterocycles. The van der Waals surface area contributed by atoms with E-state index < -0.39 is 29.1 Å². The molecule has 9 heteroatoms. The fraction of sp³-hybridized carbons (Fsp3) is 0.118. The van der Waals surface area contributed by atoms with E-state index in [2.05, 4.69) is 10.3 Å². The average Bonchev–Trinajstić information content (AvgIpc) is 2.52. The molecule has 0 fully saturated rings. The van der Waals surface area contributed by atoms with Crippen molar-refractivity contribution in [2.24, 2.45) is 0 Å². The maximum absolute atomic E-state index is 13.1. The molecule has 1 heterocycles. The minimum atomic E-state index is -4.81. The fourth-order valence-electron chi connectivity index (χ4n) is 2.38. The third-order valence-electron chi connectivity index (χ3n) is 3.53. The highest BCUT2D eigenvalue weighted by Crippen LogP contribution is 2.37. The van der Waals surface area contributed by atoms with Crippen LogP contribution in [0.1, 0.15) is 11.3 Å². The van der Waals surface area contributed by atoms with Crippen LogP contribution in [0.25, 0.3) is 10.9 Å². The second-order valence-electron chi connectivity index (χ2n) is 5.42. The summed E-state index contributed by atoms with van der Waals surface area (Å²) in [7, 11) is 0. The van der Waals surface area contributed by atoms with E-state index >= 15 is 0 Å². The van der Waals surface area contributed by atoms with Gasteiger partial charge in [0.2, 0.25) is 0 Å². The molecule has 0 spiro atoms. The van der Waals surface area contributed by atoms with Crippen LogP contribution in [0.15, 0.2) is 48.5 Å². The zero-order valence-electron chi connectivity index (χ0n) is 12.7. The minimum absolute atomic E-state index is 0.0293. The first-order chi connectivity index (χ1) is 12.0. The van der Waals surface area contributed by atoms with Gasteiger partial charge in [-0.15, -0.1) is 0 Å². The van der Waals surface area contributed by atoms with E-state index in [0.29, 0.717) is 16.8 Å². The quantitative estimate of drug-likeness (QED) is 0.494. The van der Waals surface area contributed by atoms with Gasteiger partial charge in [0.25, 0.3) is 0 Å². The van der Waals surface area contributed by atoms with Crippen molar-refractivity contribution in [3.05, 3.63) is 64.8 Å². The van der Waals surface area contributed by atoms with Crippen molar-refractivity contribution in [1.29, 1.82) is 0 Å². The molecular weight excluding hydrogens is 382 g/mol. The van der Waals surface area contributed by atoms with E-state index in [9.17, 15) is 26.3 Å². The second kappa shape index (κ2) is 6.35. The summed E-state index contributed by atoms with van der Waals surface area (Å²) in [5.41, 5.74) is -2.44. The maximum atomic E-state index is 13.1. The Morgan fingerprint density at radius 1 is 0.846 bits per heavy atom. The van der Waals surface area contributed by atoms with Crippen molar-refractivity contribution in [2.75, 3.05) is 5.32 Å². The molecule has 0 amide bonds. The van der Waals surface area contributed by atoms with Gasteiger partial charge in [0.05, 0.1) is 16.8 Å². The number of rotatable bonds is 2. The number of benzene rings is 2. The molecule has 136 valence electrons. The van der Waals surface area contributed by atoms with Crippen molar-refractivity contribution < 1.29 is 26.3 Å². The summed E-state index contributed by atoms with van der Waals surface area (Å²) < 4.78 is 77.9. The van der Waals surface area contributed by atoms with Gasteiger partial charge in [0.1, 0.15) is 5.69 Å². The van der Waals surface area contributed by atoms with Gasteiger partial charge in [-0.05, 0) is 36.4 Å². The first-order valence-corrected chi connectivity index (χ1v) is 7.53. The Labute approximate surface area is 148 Å². The van der Waals surface area contributed by atoms with Crippen LogP contribution >= 0.6 is 11.6 Å². The molecule has 2 nitrogen and oxygen atoms in total. The number of halogens is 7. The predicted molar refractivity (Wildman–Crippen MR) is 86.5 cm³/mol. The molecule has 26 heavy (non-hydrogen) atoms. The van der Waals surface area contributed by atoms with Crippen LogP contribution in [0.3, 0.4) is 0 Å². The molecule has 3 rings (SSSR count). The number of alkyl halides is 6. The number of anilines is 2. The number of fused-ring (bicyclic) bond motifs is 1. The molecule has 0 bridgehead atoms. The van der Waals surface area contributed by atoms with Crippen molar-refractivity contribution in [3.63, 3.8) is 0 Å². The topological polar surface area (TPSA) is 24.9 Å². The Balaban J connectivity index is 2.19. The molecule has 0 saturated carbocycles. The Morgan fingerprint density at radius 3 is 2.19 bits per heavy atom. The summed E-state index contributed by atoms with van der Waals surface area (Å²) in [4.78, 5) is 3.35. The predicted octanol–water partition coefficient (Wildman–Crippen LogP) is 6.67. The highest BCUT2D eigenvalue weighted by molar-refractivity contribution is 6.30. The van der Waals surface area contributed by atoms with Gasteiger partial charge in [0, 0.05) is 16.1 Å². The van der Waals surface area contributed by atoms with Crippen LogP contribution in [0, 0.1) is 0 Å². The van der Waals surface area contributed by atoms with Crippen LogP contribution in [0.2, 0.25) is 5.02 Å². The third kappa shape index (κ3) is 3.85. The number of hydrogen-bond acceptors (Lipinski definition) is 2. The first-order valence-electron chi connectivity index (χ1n) is 7.16. The Bertz CT molecular complexity index is 960. The van der Waals surface area contributed by atoms with Crippen LogP contribution in [-0.2, 0) is 12.4 Å². The molecule has 0 unspecified atom stereocenters. The second-order valence-corrected chi connectivity index (χ2v) is 5.85. The van der Waals surface area contributed by atoms with Gasteiger partial charge in [-0.3, -0.25) is 0 Å². The lowest BCUT2D eigenvalue weighted by molar-refractivity contribution is -0.140. The highest BCUT2D eigenvalue weighted by Gasteiger charge is 2.35. The molecule has 1 N–H and O–H groups in total. The highest BCUT2D eigenvalue weighted by atomic mass is 35.5. The monoisotopic (exact) mass is 390 g/mol. The van der Waals surface area contributed by atoms with E-state index in [1.807, 2.05) is 0 Å². The normalized spacial score (nSPS) is 12.4. The van der Waals surface area contributed by atoms with E-state index in [4.69, 9.17) is 11.6 Å². The van der Waals surface area contributed by atoms with Crippen molar-refractivity contribution in [1.82, 2.24) is 4.98 Å². The fourth-order valence-corrected chi connectivity index (χ4v) is 2.57. The van der Waals surface area contributed by atoms with Crippen molar-refractivity contribution in [3.8, 4) is 0 Å². The maximum Gasteiger partial charge on any atom is 0.433 e. The molecule has 0 aliphatic carbocycles. The molecule has 2 aromatic carbocycles. The standard InChI is InChI=1S/C17H9ClF6N2/c18-10-2-1-3-11(7-10)25-14-8-15(17(22,23)24)26-13-6-9(16(19,20)21)4-5-12(13)14/h1-8H,(H,25,26). The Kier molecular flexibility index (Phi) is 4.47. The molecule has 0 aliphatic heterocycles. The third-order valence-corrected chi connectivity index (χ3v) is 3.77. The van der Waals surface area contributed by atoms with Crippen LogP contribution in [0.4, 0.5) is 37.7 Å². The van der Waals surface area contributed by atoms with Crippen LogP contribution in [-0.4, -0.2) is 4.98 Å². The zero-order valence-corrected chi connectivity index (χ0v) is 13.5. The molecule has 0 saturated heterocycles. The number of nitrogens with one attached hydrogen (secondary N) is 1. The largest absolute Gasteiger partial charge is 0.433 e. The smallest absolute Gasteiger partial charge is 0.355 e. The van der Waals surface area contributed by atoms with Gasteiger partial charge in [-0.25, -0.2) is 4.98 Å². The lowest BCUT2D eigenvalue weighted by Crippen LogP contribution is -2.10. The van der Waals surface area contributed by atoms with Crippen LogP contribution in [0.5, 0.6) is 0 Å². The lowest BCUT2D eigenvalue weighted by atomic mass is 10.1. The van der Waals surface area contributed by atoms with Crippen molar-refractivity contribution >= 4 is 33.9 Å². The summed E-state index contributed by atoms with van der Waals surface area (Å²) in [6.45, 7) is 0. The number of pyridine rings is 1. The number of aromatic nitrogens is 1. The Morgan fingerprint density at radius 2 is 1.58 bits per heavy atom. The number of hydrogen-bond donors (Lipinski definition) is 1. The van der Waals surface area contributed by atoms with Crippen molar-refractivity contribution in [2.45, 2.75) is 12.4 Å². The van der Waals surface area contributed by atoms with Gasteiger partial charge in [-0.1, -0.05) is 23.7 Å². The van der Waals surface area contributed by atoms with Gasteiger partial charge in [0.15, 0.2) is 0 Å². The van der Waals surface area contributed by atoms with E-state index in [1.165, 1.54) is 6.07 Å². The SMILES string of the molecule is FC(F)(F)c1ccc2c(Nc3cccc(Cl)c3)cc(C(F)(F)F)nc2c1. The summed E-state index contributed by atoms with van der Waals surface area (Å²) in [6.07, 6.45) is -9.50. The molecule has 3 aromatic rings. The summed E-state index contributed by atoms with van der Waals surface area (Å²) in [5.74, 6) is 0. The van der Waals surface area contributed by atoms with E-state index in [-0.39, 0.29) is 11.1 Å². The molecule has 0 atom stereocenters. The number of nitrogens with zero attached hydrogens (tertiary/aromatic N) is 1. The van der Waals surface area contributed by atoms with Gasteiger partial charge in [-0.2, -0.15) is 26.3 Å². The van der Waals surface area contributed by atoms with Gasteiger partial charge < -0.3 is 5.32 Å². The van der Waals surface area contributed by atoms with E-state index in [0.717, 1.165) is 18.2 Å². The summed E-state index contributed by atoms with van der Waals surface area (Å²) in [5, 5.41) is 3.22. The average molecular weight is 391 g/mol.